The zero-order valence-electron chi connectivity index (χ0n) is 20.3. The number of nitrogens with zero attached hydrogens (tertiary/aromatic N) is 1. The summed E-state index contributed by atoms with van der Waals surface area (Å²) in [6.45, 7) is 0.280. The summed E-state index contributed by atoms with van der Waals surface area (Å²) >= 11 is 6.38. The van der Waals surface area contributed by atoms with Gasteiger partial charge in [-0.1, -0.05) is 35.9 Å². The first-order valence-corrected chi connectivity index (χ1v) is 12.1. The summed E-state index contributed by atoms with van der Waals surface area (Å²) in [5, 5.41) is 11.7. The van der Waals surface area contributed by atoms with Crippen molar-refractivity contribution in [1.82, 2.24) is 4.90 Å². The Labute approximate surface area is 237 Å². The number of hydrogen-bond acceptors (Lipinski definition) is 5. The van der Waals surface area contributed by atoms with Crippen molar-refractivity contribution in [2.45, 2.75) is 37.6 Å². The number of carboxylic acids is 1. The van der Waals surface area contributed by atoms with Gasteiger partial charge in [-0.3, -0.25) is 4.79 Å². The van der Waals surface area contributed by atoms with E-state index in [4.69, 9.17) is 21.1 Å². The Hall–Kier alpha value is -2.51. The molecular formula is C28H25ClNNaO5. The molecule has 3 aromatic rings. The zero-order chi connectivity index (χ0) is 24.5. The number of carboxylic acid groups (broad SMARTS) is 1. The van der Waals surface area contributed by atoms with Crippen molar-refractivity contribution >= 4 is 23.5 Å². The zero-order valence-corrected chi connectivity index (χ0v) is 23.1. The van der Waals surface area contributed by atoms with Crippen LogP contribution < -0.4 is 44.1 Å². The Morgan fingerprint density at radius 2 is 1.81 bits per heavy atom. The average molecular weight is 514 g/mol. The molecule has 2 aliphatic rings. The maximum absolute atomic E-state index is 13.2. The summed E-state index contributed by atoms with van der Waals surface area (Å²) in [4.78, 5) is 26.5. The van der Waals surface area contributed by atoms with Gasteiger partial charge >= 0.3 is 29.6 Å². The molecule has 0 spiro atoms. The van der Waals surface area contributed by atoms with Crippen molar-refractivity contribution in [1.29, 1.82) is 0 Å². The average Bonchev–Trinajstić information content (AvgIpc) is 2.88. The summed E-state index contributed by atoms with van der Waals surface area (Å²) in [5.41, 5.74) is 3.59. The predicted octanol–water partition coefficient (Wildman–Crippen LogP) is 1.90. The Balaban J connectivity index is 0.00000304. The summed E-state index contributed by atoms with van der Waals surface area (Å²) in [5.74, 6) is -0.691. The van der Waals surface area contributed by atoms with Crippen LogP contribution >= 0.6 is 11.6 Å². The number of ether oxygens (including phenoxy) is 2. The van der Waals surface area contributed by atoms with Gasteiger partial charge in [0, 0.05) is 36.1 Å². The van der Waals surface area contributed by atoms with Gasteiger partial charge in [0.25, 0.3) is 5.91 Å². The molecule has 5 rings (SSSR count). The van der Waals surface area contributed by atoms with Gasteiger partial charge in [-0.2, -0.15) is 0 Å². The van der Waals surface area contributed by atoms with E-state index < -0.39 is 11.9 Å². The fraction of sp³-hybridized carbons (Fsp3) is 0.286. The second-order valence-corrected chi connectivity index (χ2v) is 9.39. The molecule has 2 unspecified atom stereocenters. The number of halogens is 1. The summed E-state index contributed by atoms with van der Waals surface area (Å²) in [6.07, 6.45) is 3.38. The van der Waals surface area contributed by atoms with Crippen LogP contribution in [-0.2, 0) is 11.2 Å². The van der Waals surface area contributed by atoms with Crippen LogP contribution in [0.25, 0.3) is 0 Å². The summed E-state index contributed by atoms with van der Waals surface area (Å²) < 4.78 is 11.5. The first kappa shape index (κ1) is 26.6. The maximum Gasteiger partial charge on any atom is 1.00 e. The summed E-state index contributed by atoms with van der Waals surface area (Å²) in [6, 6.07) is 18.4. The van der Waals surface area contributed by atoms with Crippen molar-refractivity contribution in [3.05, 3.63) is 87.9 Å². The first-order chi connectivity index (χ1) is 16.9. The Morgan fingerprint density at radius 1 is 1.06 bits per heavy atom. The third-order valence-electron chi connectivity index (χ3n) is 6.84. The van der Waals surface area contributed by atoms with E-state index in [0.717, 1.165) is 19.3 Å². The minimum Gasteiger partial charge on any atom is -0.549 e. The number of aliphatic carboxylic acids is 1. The molecule has 1 aliphatic carbocycles. The molecule has 0 saturated carbocycles. The number of hydrogen-bond donors (Lipinski definition) is 0. The van der Waals surface area contributed by atoms with Gasteiger partial charge in [0.05, 0.1) is 17.7 Å². The van der Waals surface area contributed by atoms with E-state index in [0.29, 0.717) is 34.8 Å². The topological polar surface area (TPSA) is 78.9 Å². The molecular weight excluding hydrogens is 489 g/mol. The van der Waals surface area contributed by atoms with E-state index >= 15 is 0 Å². The minimum absolute atomic E-state index is 0. The van der Waals surface area contributed by atoms with Gasteiger partial charge in [-0.15, -0.1) is 0 Å². The molecule has 0 radical (unpaired) electrons. The fourth-order valence-corrected chi connectivity index (χ4v) is 5.19. The van der Waals surface area contributed by atoms with E-state index in [1.807, 2.05) is 24.1 Å². The van der Waals surface area contributed by atoms with Gasteiger partial charge < -0.3 is 24.3 Å². The quantitative estimate of drug-likeness (QED) is 0.487. The predicted molar refractivity (Wildman–Crippen MR) is 130 cm³/mol. The number of amides is 1. The largest absolute Gasteiger partial charge is 1.00 e. The van der Waals surface area contributed by atoms with Gasteiger partial charge in [0.2, 0.25) is 0 Å². The van der Waals surface area contributed by atoms with E-state index in [1.54, 1.807) is 36.4 Å². The molecule has 0 aromatic heterocycles. The number of carbonyl (C=O) groups is 2. The van der Waals surface area contributed by atoms with Crippen LogP contribution in [0, 0.1) is 0 Å². The number of carbonyl (C=O) groups excluding carboxylic acids is 2. The van der Waals surface area contributed by atoms with E-state index in [9.17, 15) is 14.7 Å². The number of rotatable bonds is 5. The molecule has 6 nitrogen and oxygen atoms in total. The standard InChI is InChI=1S/C28H26ClNO5.Na/c1-30(24-8-4-6-17-5-2-3-7-20(17)24)27(31)18-9-11-19(12-10-18)35-26-16-25-22(15-23(26)29)21(28(32)33)13-14-34-25;/h2-3,5,7,9-12,15-16,21,24H,4,6,8,13-14H2,1H3,(H,32,33);/q;+1/p-1. The molecule has 2 atom stereocenters. The number of benzene rings is 3. The second-order valence-electron chi connectivity index (χ2n) is 8.98. The fourth-order valence-electron chi connectivity index (χ4n) is 4.98. The molecule has 0 N–H and O–H groups in total. The normalized spacial score (nSPS) is 18.1. The number of aryl methyl sites for hydroxylation is 1. The molecule has 0 fully saturated rings. The molecule has 180 valence electrons. The van der Waals surface area contributed by atoms with Crippen LogP contribution in [0.1, 0.15) is 58.3 Å². The van der Waals surface area contributed by atoms with Crippen molar-refractivity contribution in [2.24, 2.45) is 0 Å². The Morgan fingerprint density at radius 3 is 2.56 bits per heavy atom. The minimum atomic E-state index is -1.15. The van der Waals surface area contributed by atoms with Crippen LogP contribution in [-0.4, -0.2) is 30.4 Å². The SMILES string of the molecule is CN(C(=O)c1ccc(Oc2cc3c(cc2Cl)C(C(=O)[O-])CCO3)cc1)C1CCCc2ccccc21.[Na+]. The maximum atomic E-state index is 13.2. The second kappa shape index (κ2) is 11.3. The molecule has 8 heteroatoms. The van der Waals surface area contributed by atoms with Crippen LogP contribution in [0.2, 0.25) is 5.02 Å². The van der Waals surface area contributed by atoms with Gasteiger partial charge in [-0.25, -0.2) is 0 Å². The third kappa shape index (κ3) is 5.28. The molecule has 3 aromatic carbocycles. The molecule has 0 saturated heterocycles. The van der Waals surface area contributed by atoms with Crippen molar-refractivity contribution < 1.29 is 53.7 Å². The smallest absolute Gasteiger partial charge is 0.549 e. The molecule has 1 amide bonds. The monoisotopic (exact) mass is 513 g/mol. The van der Waals surface area contributed by atoms with Crippen molar-refractivity contribution in [3.63, 3.8) is 0 Å². The molecule has 36 heavy (non-hydrogen) atoms. The van der Waals surface area contributed by atoms with Crippen molar-refractivity contribution in [2.75, 3.05) is 13.7 Å². The van der Waals surface area contributed by atoms with Crippen LogP contribution in [0.4, 0.5) is 0 Å². The van der Waals surface area contributed by atoms with Crippen LogP contribution in [0.3, 0.4) is 0 Å². The first-order valence-electron chi connectivity index (χ1n) is 11.7. The molecule has 1 heterocycles. The van der Waals surface area contributed by atoms with Crippen LogP contribution in [0.15, 0.2) is 60.7 Å². The van der Waals surface area contributed by atoms with Crippen molar-refractivity contribution in [3.8, 4) is 17.2 Å². The Bertz CT molecular complexity index is 1280. The molecule has 1 aliphatic heterocycles. The van der Waals surface area contributed by atoms with Gasteiger partial charge in [-0.05, 0) is 67.1 Å². The van der Waals surface area contributed by atoms with E-state index in [2.05, 4.69) is 12.1 Å². The van der Waals surface area contributed by atoms with Gasteiger partial charge in [0.15, 0.2) is 0 Å². The van der Waals surface area contributed by atoms with E-state index in [-0.39, 0.29) is 53.1 Å². The van der Waals surface area contributed by atoms with E-state index in [1.165, 1.54) is 11.1 Å². The Kier molecular flexibility index (Phi) is 8.30. The number of fused-ring (bicyclic) bond motifs is 2. The van der Waals surface area contributed by atoms with Crippen LogP contribution in [0.5, 0.6) is 17.2 Å². The third-order valence-corrected chi connectivity index (χ3v) is 7.14. The van der Waals surface area contributed by atoms with Gasteiger partial charge in [0.1, 0.15) is 17.2 Å². The molecule has 0 bridgehead atoms. The summed E-state index contributed by atoms with van der Waals surface area (Å²) in [7, 11) is 1.85.